The zero-order chi connectivity index (χ0) is 19.6. The molecular formula is C19H27ClN4O3. The van der Waals surface area contributed by atoms with Crippen LogP contribution in [-0.2, 0) is 9.59 Å². The van der Waals surface area contributed by atoms with Crippen LogP contribution in [0.15, 0.2) is 24.3 Å². The van der Waals surface area contributed by atoms with E-state index in [4.69, 9.17) is 11.6 Å². The molecule has 1 aromatic carbocycles. The Bertz CT molecular complexity index is 651. The van der Waals surface area contributed by atoms with Gasteiger partial charge in [0.15, 0.2) is 0 Å². The highest BCUT2D eigenvalue weighted by Crippen LogP contribution is 2.14. The van der Waals surface area contributed by atoms with Crippen molar-refractivity contribution in [2.75, 3.05) is 38.0 Å². The second-order valence-electron chi connectivity index (χ2n) is 6.51. The Kier molecular flexibility index (Phi) is 8.39. The lowest BCUT2D eigenvalue weighted by Crippen LogP contribution is -2.39. The number of nitrogens with one attached hydrogen (secondary N) is 2. The van der Waals surface area contributed by atoms with Crippen LogP contribution in [0.4, 0.5) is 10.5 Å². The fourth-order valence-corrected chi connectivity index (χ4v) is 2.96. The molecule has 148 valence electrons. The van der Waals surface area contributed by atoms with Crippen LogP contribution in [0.25, 0.3) is 0 Å². The highest BCUT2D eigenvalue weighted by atomic mass is 35.5. The summed E-state index contributed by atoms with van der Waals surface area (Å²) >= 11 is 5.85. The van der Waals surface area contributed by atoms with E-state index in [1.54, 1.807) is 34.1 Å². The van der Waals surface area contributed by atoms with Crippen LogP contribution in [-0.4, -0.2) is 60.4 Å². The summed E-state index contributed by atoms with van der Waals surface area (Å²) in [6.45, 7) is 4.74. The average Bonchev–Trinajstić information content (AvgIpc) is 2.92. The van der Waals surface area contributed by atoms with Crippen LogP contribution in [0.1, 0.15) is 32.6 Å². The van der Waals surface area contributed by atoms with Gasteiger partial charge in [-0.2, -0.15) is 0 Å². The Morgan fingerprint density at radius 1 is 1.00 bits per heavy atom. The van der Waals surface area contributed by atoms with Crippen LogP contribution >= 0.6 is 11.6 Å². The smallest absolute Gasteiger partial charge is 0.321 e. The van der Waals surface area contributed by atoms with Crippen molar-refractivity contribution in [3.05, 3.63) is 29.3 Å². The van der Waals surface area contributed by atoms with E-state index in [2.05, 4.69) is 10.6 Å². The molecule has 0 saturated carbocycles. The van der Waals surface area contributed by atoms with Gasteiger partial charge in [-0.1, -0.05) is 18.5 Å². The summed E-state index contributed by atoms with van der Waals surface area (Å²) in [6, 6.07) is 6.74. The normalized spacial score (nSPS) is 14.4. The van der Waals surface area contributed by atoms with Crippen molar-refractivity contribution < 1.29 is 14.4 Å². The van der Waals surface area contributed by atoms with Crippen molar-refractivity contribution >= 4 is 35.1 Å². The number of anilines is 1. The standard InChI is InChI=1S/C19H27ClN4O3/c1-2-10-21-17(25)8-9-18(26)23-11-3-12-24(14-13-23)19(27)22-16-6-4-15(20)5-7-16/h4-7H,2-3,8-14H2,1H3,(H,21,25)(H,22,27). The molecule has 0 aliphatic carbocycles. The number of rotatable bonds is 6. The topological polar surface area (TPSA) is 81.8 Å². The summed E-state index contributed by atoms with van der Waals surface area (Å²) in [5.74, 6) is -0.134. The Morgan fingerprint density at radius 3 is 2.37 bits per heavy atom. The maximum absolute atomic E-state index is 12.4. The molecule has 1 aromatic rings. The molecule has 0 unspecified atom stereocenters. The largest absolute Gasteiger partial charge is 0.356 e. The summed E-state index contributed by atoms with van der Waals surface area (Å²) in [7, 11) is 0. The Labute approximate surface area is 165 Å². The summed E-state index contributed by atoms with van der Waals surface area (Å²) in [5.41, 5.74) is 0.680. The van der Waals surface area contributed by atoms with E-state index in [-0.39, 0.29) is 30.7 Å². The van der Waals surface area contributed by atoms with Crippen molar-refractivity contribution in [3.63, 3.8) is 0 Å². The SMILES string of the molecule is CCCNC(=O)CCC(=O)N1CCCN(C(=O)Nc2ccc(Cl)cc2)CC1. The molecule has 27 heavy (non-hydrogen) atoms. The molecule has 1 aliphatic heterocycles. The van der Waals surface area contributed by atoms with Gasteiger partial charge in [-0.25, -0.2) is 4.79 Å². The maximum Gasteiger partial charge on any atom is 0.321 e. The molecule has 1 heterocycles. The van der Waals surface area contributed by atoms with Crippen molar-refractivity contribution in [1.29, 1.82) is 0 Å². The van der Waals surface area contributed by atoms with Gasteiger partial charge >= 0.3 is 6.03 Å². The first-order valence-electron chi connectivity index (χ1n) is 9.35. The minimum absolute atomic E-state index is 0.0402. The van der Waals surface area contributed by atoms with Gasteiger partial charge in [-0.05, 0) is 37.1 Å². The zero-order valence-corrected chi connectivity index (χ0v) is 16.4. The number of hydrogen-bond donors (Lipinski definition) is 2. The summed E-state index contributed by atoms with van der Waals surface area (Å²) in [5, 5.41) is 6.23. The molecule has 0 aromatic heterocycles. The number of urea groups is 1. The third-order valence-electron chi connectivity index (χ3n) is 4.37. The number of amides is 4. The molecule has 8 heteroatoms. The lowest BCUT2D eigenvalue weighted by molar-refractivity contribution is -0.133. The van der Waals surface area contributed by atoms with Crippen LogP contribution < -0.4 is 10.6 Å². The van der Waals surface area contributed by atoms with Gasteiger partial charge in [0, 0.05) is 56.3 Å². The Hall–Kier alpha value is -2.28. The van der Waals surface area contributed by atoms with Gasteiger partial charge in [0.2, 0.25) is 11.8 Å². The first kappa shape index (κ1) is 21.0. The molecule has 2 N–H and O–H groups in total. The first-order valence-corrected chi connectivity index (χ1v) is 9.73. The fraction of sp³-hybridized carbons (Fsp3) is 0.526. The molecule has 2 rings (SSSR count). The van der Waals surface area contributed by atoms with Gasteiger partial charge in [0.1, 0.15) is 0 Å². The molecule has 4 amide bonds. The average molecular weight is 395 g/mol. The predicted molar refractivity (Wildman–Crippen MR) is 106 cm³/mol. The minimum Gasteiger partial charge on any atom is -0.356 e. The van der Waals surface area contributed by atoms with Gasteiger partial charge in [-0.3, -0.25) is 9.59 Å². The number of carbonyl (C=O) groups is 3. The molecule has 7 nitrogen and oxygen atoms in total. The molecule has 0 atom stereocenters. The summed E-state index contributed by atoms with van der Waals surface area (Å²) in [6.07, 6.45) is 1.99. The van der Waals surface area contributed by atoms with E-state index in [0.717, 1.165) is 6.42 Å². The van der Waals surface area contributed by atoms with Gasteiger partial charge < -0.3 is 20.4 Å². The van der Waals surface area contributed by atoms with E-state index in [1.165, 1.54) is 0 Å². The van der Waals surface area contributed by atoms with Crippen LogP contribution in [0.3, 0.4) is 0 Å². The second kappa shape index (κ2) is 10.8. The lowest BCUT2D eigenvalue weighted by Gasteiger charge is -2.22. The van der Waals surface area contributed by atoms with Gasteiger partial charge in [-0.15, -0.1) is 0 Å². The number of benzene rings is 1. The maximum atomic E-state index is 12.4. The summed E-state index contributed by atoms with van der Waals surface area (Å²) in [4.78, 5) is 39.9. The number of hydrogen-bond acceptors (Lipinski definition) is 3. The van der Waals surface area contributed by atoms with Crippen LogP contribution in [0, 0.1) is 0 Å². The number of halogens is 1. The molecule has 0 bridgehead atoms. The van der Waals surface area contributed by atoms with E-state index in [1.807, 2.05) is 6.92 Å². The molecule has 0 radical (unpaired) electrons. The highest BCUT2D eigenvalue weighted by molar-refractivity contribution is 6.30. The van der Waals surface area contributed by atoms with E-state index in [0.29, 0.717) is 49.9 Å². The quantitative estimate of drug-likeness (QED) is 0.778. The monoisotopic (exact) mass is 394 g/mol. The van der Waals surface area contributed by atoms with E-state index in [9.17, 15) is 14.4 Å². The van der Waals surface area contributed by atoms with Crippen LogP contribution in [0.2, 0.25) is 5.02 Å². The van der Waals surface area contributed by atoms with Gasteiger partial charge in [0.05, 0.1) is 0 Å². The third kappa shape index (κ3) is 7.09. The molecule has 1 fully saturated rings. The second-order valence-corrected chi connectivity index (χ2v) is 6.94. The van der Waals surface area contributed by atoms with Crippen molar-refractivity contribution in [2.24, 2.45) is 0 Å². The highest BCUT2D eigenvalue weighted by Gasteiger charge is 2.22. The van der Waals surface area contributed by atoms with Gasteiger partial charge in [0.25, 0.3) is 0 Å². The lowest BCUT2D eigenvalue weighted by atomic mass is 10.2. The zero-order valence-electron chi connectivity index (χ0n) is 15.7. The van der Waals surface area contributed by atoms with Crippen molar-refractivity contribution in [3.8, 4) is 0 Å². The fourth-order valence-electron chi connectivity index (χ4n) is 2.84. The van der Waals surface area contributed by atoms with Crippen molar-refractivity contribution in [2.45, 2.75) is 32.6 Å². The number of nitrogens with zero attached hydrogens (tertiary/aromatic N) is 2. The van der Waals surface area contributed by atoms with Crippen molar-refractivity contribution in [1.82, 2.24) is 15.1 Å². The molecule has 0 spiro atoms. The summed E-state index contributed by atoms with van der Waals surface area (Å²) < 4.78 is 0. The minimum atomic E-state index is -0.189. The van der Waals surface area contributed by atoms with Crippen LogP contribution in [0.5, 0.6) is 0 Å². The number of carbonyl (C=O) groups excluding carboxylic acids is 3. The van der Waals surface area contributed by atoms with E-state index >= 15 is 0 Å². The third-order valence-corrected chi connectivity index (χ3v) is 4.62. The molecule has 1 aliphatic rings. The molecular weight excluding hydrogens is 368 g/mol. The molecule has 1 saturated heterocycles. The predicted octanol–water partition coefficient (Wildman–Crippen LogP) is 2.71. The first-order chi connectivity index (χ1) is 13.0. The van der Waals surface area contributed by atoms with E-state index < -0.39 is 0 Å². The Morgan fingerprint density at radius 2 is 1.67 bits per heavy atom. The Balaban J connectivity index is 1.78.